The number of fused-ring (bicyclic) bond motifs is 1. The topological polar surface area (TPSA) is 181 Å². The zero-order chi connectivity index (χ0) is 27.5. The van der Waals surface area contributed by atoms with Crippen LogP contribution in [0.5, 0.6) is 0 Å². The molecule has 1 aliphatic rings. The molecule has 1 fully saturated rings. The average molecular weight is 530 g/mol. The highest BCUT2D eigenvalue weighted by Gasteiger charge is 2.29. The Kier molecular flexibility index (Phi) is 10.6. The standard InChI is InChI=1S/C26H35N5O7/c32-22(9-6-12-31-10-4-1-5-11-31)28-16-23(33)29-20(14-24(34)35)25(36)30-21(26(37)38)13-17-15-27-19-8-3-2-7-18(17)19/h2-3,7-8,15,20-21,27H,1,4-6,9-14,16H2,(H,28,32)(H,29,33)(H,30,36)(H,34,35)(H,37,38)/t20-,21-/m0/s1. The van der Waals surface area contributed by atoms with Gasteiger partial charge in [0.15, 0.2) is 0 Å². The van der Waals surface area contributed by atoms with Gasteiger partial charge in [0, 0.05) is 29.9 Å². The third-order valence-corrected chi connectivity index (χ3v) is 6.52. The number of carbonyl (C=O) groups is 5. The van der Waals surface area contributed by atoms with Crippen LogP contribution in [0.1, 0.15) is 44.1 Å². The number of aromatic amines is 1. The number of rotatable bonds is 14. The van der Waals surface area contributed by atoms with Crippen LogP contribution in [0.2, 0.25) is 0 Å². The van der Waals surface area contributed by atoms with Gasteiger partial charge in [-0.05, 0) is 50.5 Å². The first-order valence-corrected chi connectivity index (χ1v) is 12.8. The van der Waals surface area contributed by atoms with Gasteiger partial charge in [0.2, 0.25) is 17.7 Å². The maximum absolute atomic E-state index is 12.8. The van der Waals surface area contributed by atoms with E-state index in [2.05, 4.69) is 25.8 Å². The SMILES string of the molecule is O=C(O)C[C@H](NC(=O)CNC(=O)CCCN1CCCCC1)C(=O)N[C@@H](Cc1c[nH]c2ccccc12)C(=O)O. The smallest absolute Gasteiger partial charge is 0.326 e. The number of aromatic nitrogens is 1. The first-order valence-electron chi connectivity index (χ1n) is 12.8. The lowest BCUT2D eigenvalue weighted by Gasteiger charge is -2.26. The second-order valence-electron chi connectivity index (χ2n) is 9.46. The number of benzene rings is 1. The van der Waals surface area contributed by atoms with Crippen molar-refractivity contribution in [2.45, 2.75) is 57.0 Å². The van der Waals surface area contributed by atoms with Crippen LogP contribution >= 0.6 is 0 Å². The van der Waals surface area contributed by atoms with Gasteiger partial charge in [-0.25, -0.2) is 4.79 Å². The normalized spacial score (nSPS) is 15.4. The molecule has 1 aromatic heterocycles. The number of amides is 3. The molecule has 6 N–H and O–H groups in total. The zero-order valence-electron chi connectivity index (χ0n) is 21.2. The lowest BCUT2D eigenvalue weighted by molar-refractivity contribution is -0.143. The Labute approximate surface area is 220 Å². The monoisotopic (exact) mass is 529 g/mol. The van der Waals surface area contributed by atoms with Crippen LogP contribution in [0.4, 0.5) is 0 Å². The summed E-state index contributed by atoms with van der Waals surface area (Å²) < 4.78 is 0. The fourth-order valence-corrected chi connectivity index (χ4v) is 4.54. The molecular formula is C26H35N5O7. The van der Waals surface area contributed by atoms with Crippen molar-refractivity contribution in [2.24, 2.45) is 0 Å². The molecule has 2 heterocycles. The molecule has 206 valence electrons. The van der Waals surface area contributed by atoms with Crippen LogP contribution < -0.4 is 16.0 Å². The predicted octanol–water partition coefficient (Wildman–Crippen LogP) is 0.622. The molecular weight excluding hydrogens is 494 g/mol. The van der Waals surface area contributed by atoms with Gasteiger partial charge in [0.1, 0.15) is 12.1 Å². The van der Waals surface area contributed by atoms with Gasteiger partial charge in [-0.15, -0.1) is 0 Å². The Balaban J connectivity index is 1.50. The van der Waals surface area contributed by atoms with Crippen LogP contribution in [0.3, 0.4) is 0 Å². The average Bonchev–Trinajstić information content (AvgIpc) is 3.29. The summed E-state index contributed by atoms with van der Waals surface area (Å²) in [6.45, 7) is 2.44. The van der Waals surface area contributed by atoms with E-state index in [1.807, 2.05) is 18.2 Å². The number of para-hydroxylation sites is 1. The first-order chi connectivity index (χ1) is 18.2. The van der Waals surface area contributed by atoms with Crippen molar-refractivity contribution in [3.8, 4) is 0 Å². The second kappa shape index (κ2) is 14.1. The van der Waals surface area contributed by atoms with E-state index in [9.17, 15) is 34.2 Å². The maximum atomic E-state index is 12.8. The molecule has 0 spiro atoms. The number of H-pyrrole nitrogens is 1. The molecule has 3 amide bonds. The Hall–Kier alpha value is -3.93. The molecule has 3 rings (SSSR count). The van der Waals surface area contributed by atoms with Crippen molar-refractivity contribution in [2.75, 3.05) is 26.2 Å². The molecule has 0 aliphatic carbocycles. The Morgan fingerprint density at radius 3 is 2.39 bits per heavy atom. The van der Waals surface area contributed by atoms with Gasteiger partial charge in [-0.3, -0.25) is 19.2 Å². The van der Waals surface area contributed by atoms with Gasteiger partial charge in [0.25, 0.3) is 0 Å². The Morgan fingerprint density at radius 2 is 1.68 bits per heavy atom. The van der Waals surface area contributed by atoms with E-state index in [0.29, 0.717) is 12.0 Å². The molecule has 38 heavy (non-hydrogen) atoms. The van der Waals surface area contributed by atoms with E-state index in [0.717, 1.165) is 43.4 Å². The minimum absolute atomic E-state index is 0.0493. The minimum atomic E-state index is -1.51. The molecule has 1 saturated heterocycles. The molecule has 12 heteroatoms. The highest BCUT2D eigenvalue weighted by molar-refractivity contribution is 5.94. The quantitative estimate of drug-likeness (QED) is 0.206. The predicted molar refractivity (Wildman–Crippen MR) is 138 cm³/mol. The number of aliphatic carboxylic acids is 2. The van der Waals surface area contributed by atoms with Crippen LogP contribution in [-0.2, 0) is 30.4 Å². The van der Waals surface area contributed by atoms with Crippen molar-refractivity contribution in [1.82, 2.24) is 25.8 Å². The summed E-state index contributed by atoms with van der Waals surface area (Å²) >= 11 is 0. The van der Waals surface area contributed by atoms with Crippen molar-refractivity contribution < 1.29 is 34.2 Å². The largest absolute Gasteiger partial charge is 0.481 e. The summed E-state index contributed by atoms with van der Waals surface area (Å²) in [4.78, 5) is 65.8. The molecule has 1 aliphatic heterocycles. The zero-order valence-corrected chi connectivity index (χ0v) is 21.2. The summed E-state index contributed by atoms with van der Waals surface area (Å²) in [6, 6.07) is 4.42. The van der Waals surface area contributed by atoms with Crippen molar-refractivity contribution in [3.63, 3.8) is 0 Å². The van der Waals surface area contributed by atoms with E-state index < -0.39 is 48.8 Å². The molecule has 12 nitrogen and oxygen atoms in total. The third kappa shape index (κ3) is 8.87. The van der Waals surface area contributed by atoms with Gasteiger partial charge < -0.3 is 36.0 Å². The van der Waals surface area contributed by atoms with E-state index in [1.54, 1.807) is 12.3 Å². The summed E-state index contributed by atoms with van der Waals surface area (Å²) in [5.41, 5.74) is 1.47. The number of carbonyl (C=O) groups excluding carboxylic acids is 3. The fraction of sp³-hybridized carbons (Fsp3) is 0.500. The van der Waals surface area contributed by atoms with E-state index in [4.69, 9.17) is 0 Å². The highest BCUT2D eigenvalue weighted by atomic mass is 16.4. The lowest BCUT2D eigenvalue weighted by Crippen LogP contribution is -2.54. The maximum Gasteiger partial charge on any atom is 0.326 e. The van der Waals surface area contributed by atoms with E-state index >= 15 is 0 Å². The summed E-state index contributed by atoms with van der Waals surface area (Å²) in [5, 5.41) is 26.8. The van der Waals surface area contributed by atoms with Gasteiger partial charge in [0.05, 0.1) is 13.0 Å². The summed E-state index contributed by atoms with van der Waals surface area (Å²) in [7, 11) is 0. The van der Waals surface area contributed by atoms with Crippen LogP contribution in [-0.4, -0.2) is 88.0 Å². The van der Waals surface area contributed by atoms with Crippen molar-refractivity contribution >= 4 is 40.6 Å². The first kappa shape index (κ1) is 28.6. The highest BCUT2D eigenvalue weighted by Crippen LogP contribution is 2.19. The molecule has 2 atom stereocenters. The van der Waals surface area contributed by atoms with Crippen LogP contribution in [0.25, 0.3) is 10.9 Å². The number of carboxylic acids is 2. The number of hydrogen-bond donors (Lipinski definition) is 6. The fourth-order valence-electron chi connectivity index (χ4n) is 4.54. The lowest BCUT2D eigenvalue weighted by atomic mass is 10.0. The molecule has 0 saturated carbocycles. The molecule has 0 bridgehead atoms. The van der Waals surface area contributed by atoms with E-state index in [1.165, 1.54) is 6.42 Å². The molecule has 1 aromatic carbocycles. The van der Waals surface area contributed by atoms with Gasteiger partial charge in [-0.2, -0.15) is 0 Å². The van der Waals surface area contributed by atoms with Gasteiger partial charge >= 0.3 is 11.9 Å². The van der Waals surface area contributed by atoms with Crippen molar-refractivity contribution in [1.29, 1.82) is 0 Å². The number of likely N-dealkylation sites (tertiary alicyclic amines) is 1. The minimum Gasteiger partial charge on any atom is -0.481 e. The molecule has 0 unspecified atom stereocenters. The summed E-state index contributed by atoms with van der Waals surface area (Å²) in [5.74, 6) is -4.67. The second-order valence-corrected chi connectivity index (χ2v) is 9.46. The van der Waals surface area contributed by atoms with Crippen molar-refractivity contribution in [3.05, 3.63) is 36.0 Å². The Bertz CT molecular complexity index is 1140. The van der Waals surface area contributed by atoms with E-state index in [-0.39, 0.29) is 18.7 Å². The summed E-state index contributed by atoms with van der Waals surface area (Å²) in [6.07, 6.45) is 5.31. The number of carboxylic acid groups (broad SMARTS) is 2. The molecule has 0 radical (unpaired) electrons. The van der Waals surface area contributed by atoms with Crippen LogP contribution in [0, 0.1) is 0 Å². The number of hydrogen-bond acceptors (Lipinski definition) is 6. The number of nitrogens with zero attached hydrogens (tertiary/aromatic N) is 1. The van der Waals surface area contributed by atoms with Gasteiger partial charge in [-0.1, -0.05) is 24.6 Å². The Morgan fingerprint density at radius 1 is 0.947 bits per heavy atom. The molecule has 2 aromatic rings. The third-order valence-electron chi connectivity index (χ3n) is 6.52. The van der Waals surface area contributed by atoms with Crippen LogP contribution in [0.15, 0.2) is 30.5 Å². The number of nitrogens with one attached hydrogen (secondary N) is 4. The number of piperidine rings is 1.